The Morgan fingerprint density at radius 1 is 1.00 bits per heavy atom. The average molecular weight is 500 g/mol. The van der Waals surface area contributed by atoms with Gasteiger partial charge in [0, 0.05) is 16.8 Å². The van der Waals surface area contributed by atoms with Crippen LogP contribution >= 0.6 is 11.6 Å². The fourth-order valence-corrected chi connectivity index (χ4v) is 3.29. The first-order valence-corrected chi connectivity index (χ1v) is 11.0. The van der Waals surface area contributed by atoms with Crippen molar-refractivity contribution in [1.29, 1.82) is 0 Å². The number of benzene rings is 2. The van der Waals surface area contributed by atoms with Gasteiger partial charge < -0.3 is 24.4 Å². The molecule has 0 atom stereocenters. The quantitative estimate of drug-likeness (QED) is 0.299. The zero-order valence-electron chi connectivity index (χ0n) is 18.5. The summed E-state index contributed by atoms with van der Waals surface area (Å²) in [6, 6.07) is 15.4. The predicted molar refractivity (Wildman–Crippen MR) is 128 cm³/mol. The highest BCUT2D eigenvalue weighted by Crippen LogP contribution is 2.23. The van der Waals surface area contributed by atoms with Crippen LogP contribution in [0.1, 0.15) is 5.56 Å². The van der Waals surface area contributed by atoms with E-state index in [2.05, 4.69) is 15.5 Å². The summed E-state index contributed by atoms with van der Waals surface area (Å²) in [5, 5.41) is 16.1. The molecular formula is C23H22ClN5O6. The van der Waals surface area contributed by atoms with Crippen molar-refractivity contribution >= 4 is 23.2 Å². The van der Waals surface area contributed by atoms with Crippen molar-refractivity contribution in [2.24, 2.45) is 0 Å². The fraction of sp³-hybridized carbons (Fsp3) is 0.217. The van der Waals surface area contributed by atoms with Crippen molar-refractivity contribution in [3.63, 3.8) is 0 Å². The smallest absolute Gasteiger partial charge is 0.355 e. The lowest BCUT2D eigenvalue weighted by molar-refractivity contribution is 0.0855. The molecule has 35 heavy (non-hydrogen) atoms. The minimum Gasteiger partial charge on any atom is -0.436 e. The van der Waals surface area contributed by atoms with Crippen LogP contribution in [0.25, 0.3) is 0 Å². The Morgan fingerprint density at radius 2 is 1.77 bits per heavy atom. The normalized spacial score (nSPS) is 10.9. The summed E-state index contributed by atoms with van der Waals surface area (Å²) in [5.41, 5.74) is 0.0987. The topological polar surface area (TPSA) is 134 Å². The van der Waals surface area contributed by atoms with Crippen molar-refractivity contribution < 1.29 is 19.1 Å². The number of anilines is 2. The van der Waals surface area contributed by atoms with E-state index in [-0.39, 0.29) is 38.9 Å². The molecule has 0 aliphatic heterocycles. The number of hydrogen-bond acceptors (Lipinski definition) is 9. The van der Waals surface area contributed by atoms with Crippen molar-refractivity contribution in [2.45, 2.75) is 13.1 Å². The molecule has 0 unspecified atom stereocenters. The number of rotatable bonds is 11. The van der Waals surface area contributed by atoms with Gasteiger partial charge in [0.25, 0.3) is 5.88 Å². The van der Waals surface area contributed by atoms with E-state index in [0.29, 0.717) is 22.3 Å². The van der Waals surface area contributed by atoms with E-state index in [0.717, 1.165) is 10.1 Å². The van der Waals surface area contributed by atoms with E-state index >= 15 is 0 Å². The van der Waals surface area contributed by atoms with Crippen molar-refractivity contribution in [1.82, 2.24) is 19.3 Å². The molecule has 182 valence electrons. The molecule has 0 saturated carbocycles. The number of aliphatic hydroxyl groups excluding tert-OH is 1. The van der Waals surface area contributed by atoms with Gasteiger partial charge in [0.05, 0.1) is 32.9 Å². The van der Waals surface area contributed by atoms with Crippen LogP contribution in [0.2, 0.25) is 5.02 Å². The molecular weight excluding hydrogens is 478 g/mol. The highest BCUT2D eigenvalue weighted by atomic mass is 35.5. The average Bonchev–Trinajstić information content (AvgIpc) is 3.36. The molecule has 0 saturated heterocycles. The minimum absolute atomic E-state index is 0.000350. The second-order valence-electron chi connectivity index (χ2n) is 7.29. The van der Waals surface area contributed by atoms with Crippen LogP contribution in [0, 0.1) is 0 Å². The highest BCUT2D eigenvalue weighted by molar-refractivity contribution is 6.30. The zero-order valence-corrected chi connectivity index (χ0v) is 19.2. The van der Waals surface area contributed by atoms with Crippen LogP contribution in [0.3, 0.4) is 0 Å². The number of nitrogens with zero attached hydrogens (tertiary/aromatic N) is 4. The molecule has 2 aromatic carbocycles. The van der Waals surface area contributed by atoms with E-state index in [4.69, 9.17) is 30.7 Å². The Hall–Kier alpha value is -3.93. The molecule has 4 rings (SSSR count). The first-order chi connectivity index (χ1) is 17.0. The summed E-state index contributed by atoms with van der Waals surface area (Å²) in [7, 11) is 0. The number of ether oxygens (including phenoxy) is 2. The van der Waals surface area contributed by atoms with Gasteiger partial charge in [-0.25, -0.2) is 14.2 Å². The van der Waals surface area contributed by atoms with Crippen LogP contribution in [0.15, 0.2) is 75.0 Å². The molecule has 2 heterocycles. The third-order valence-electron chi connectivity index (χ3n) is 4.85. The van der Waals surface area contributed by atoms with Gasteiger partial charge in [0.2, 0.25) is 5.95 Å². The van der Waals surface area contributed by atoms with E-state index < -0.39 is 11.4 Å². The summed E-state index contributed by atoms with van der Waals surface area (Å²) < 4.78 is 17.8. The third kappa shape index (κ3) is 6.35. The first kappa shape index (κ1) is 24.2. The predicted octanol–water partition coefficient (Wildman–Crippen LogP) is 2.64. The van der Waals surface area contributed by atoms with Crippen molar-refractivity contribution in [3.8, 4) is 11.6 Å². The monoisotopic (exact) mass is 499 g/mol. The molecule has 0 bridgehead atoms. The SMILES string of the molecule is O=c1nc(Nc2ccc(Oc3ccon3)cc2)n(Cc2ccc(Cl)cc2)c(=O)n1CCOCCO. The van der Waals surface area contributed by atoms with Gasteiger partial charge in [-0.2, -0.15) is 4.98 Å². The summed E-state index contributed by atoms with van der Waals surface area (Å²) in [4.78, 5) is 30.0. The van der Waals surface area contributed by atoms with Gasteiger partial charge in [-0.3, -0.25) is 4.57 Å². The molecule has 0 aliphatic carbocycles. The summed E-state index contributed by atoms with van der Waals surface area (Å²) >= 11 is 5.98. The lowest BCUT2D eigenvalue weighted by atomic mass is 10.2. The molecule has 4 aromatic rings. The third-order valence-corrected chi connectivity index (χ3v) is 5.10. The Morgan fingerprint density at radius 3 is 2.46 bits per heavy atom. The standard InChI is InChI=1S/C23H22ClN5O6/c24-17-3-1-16(2-4-17)15-29-21(26-22(31)28(23(29)32)10-13-33-14-11-30)25-18-5-7-19(8-6-18)35-20-9-12-34-27-20/h1-9,12,30H,10-11,13-15H2,(H,25,26,31). The molecule has 0 spiro atoms. The lowest BCUT2D eigenvalue weighted by Crippen LogP contribution is -2.43. The number of halogens is 1. The van der Waals surface area contributed by atoms with Gasteiger partial charge in [-0.15, -0.1) is 0 Å². The maximum Gasteiger partial charge on any atom is 0.355 e. The molecule has 0 amide bonds. The van der Waals surface area contributed by atoms with E-state index in [1.165, 1.54) is 10.8 Å². The summed E-state index contributed by atoms with van der Waals surface area (Å²) in [6.07, 6.45) is 1.40. The van der Waals surface area contributed by atoms with Crippen molar-refractivity contribution in [3.05, 3.63) is 92.4 Å². The van der Waals surface area contributed by atoms with Crippen LogP contribution in [0.4, 0.5) is 11.6 Å². The number of hydrogen-bond donors (Lipinski definition) is 2. The van der Waals surface area contributed by atoms with Crippen LogP contribution in [0.5, 0.6) is 11.6 Å². The molecule has 2 aromatic heterocycles. The van der Waals surface area contributed by atoms with Gasteiger partial charge >= 0.3 is 11.4 Å². The molecule has 0 aliphatic rings. The van der Waals surface area contributed by atoms with Gasteiger partial charge in [0.15, 0.2) is 0 Å². The van der Waals surface area contributed by atoms with E-state index in [1.807, 2.05) is 0 Å². The molecule has 12 heteroatoms. The largest absolute Gasteiger partial charge is 0.436 e. The Bertz CT molecular complexity index is 1350. The van der Waals surface area contributed by atoms with Gasteiger partial charge in [-0.1, -0.05) is 23.7 Å². The summed E-state index contributed by atoms with van der Waals surface area (Å²) in [6.45, 7) is 0.185. The maximum absolute atomic E-state index is 13.2. The first-order valence-electron chi connectivity index (χ1n) is 10.6. The molecule has 11 nitrogen and oxygen atoms in total. The second kappa shape index (κ2) is 11.5. The summed E-state index contributed by atoms with van der Waals surface area (Å²) in [5.74, 6) is 0.915. The minimum atomic E-state index is -0.719. The second-order valence-corrected chi connectivity index (χ2v) is 7.73. The highest BCUT2D eigenvalue weighted by Gasteiger charge is 2.14. The zero-order chi connectivity index (χ0) is 24.6. The van der Waals surface area contributed by atoms with Crippen LogP contribution in [-0.4, -0.2) is 44.2 Å². The molecule has 2 N–H and O–H groups in total. The van der Waals surface area contributed by atoms with Crippen molar-refractivity contribution in [2.75, 3.05) is 25.1 Å². The Balaban J connectivity index is 1.62. The number of nitrogens with one attached hydrogen (secondary N) is 1. The van der Waals surface area contributed by atoms with E-state index in [1.54, 1.807) is 54.6 Å². The van der Waals surface area contributed by atoms with Crippen LogP contribution in [-0.2, 0) is 17.8 Å². The fourth-order valence-electron chi connectivity index (χ4n) is 3.16. The Labute approximate surface area is 204 Å². The maximum atomic E-state index is 13.2. The Kier molecular flexibility index (Phi) is 7.93. The number of aromatic nitrogens is 4. The van der Waals surface area contributed by atoms with Gasteiger partial charge in [-0.05, 0) is 47.1 Å². The number of aliphatic hydroxyl groups is 1. The van der Waals surface area contributed by atoms with Gasteiger partial charge in [0.1, 0.15) is 12.0 Å². The van der Waals surface area contributed by atoms with E-state index in [9.17, 15) is 9.59 Å². The molecule has 0 fully saturated rings. The lowest BCUT2D eigenvalue weighted by Gasteiger charge is -2.16. The van der Waals surface area contributed by atoms with Crippen LogP contribution < -0.4 is 21.4 Å². The molecule has 0 radical (unpaired) electrons.